The van der Waals surface area contributed by atoms with Crippen molar-refractivity contribution in [2.24, 2.45) is 5.73 Å². The van der Waals surface area contributed by atoms with Crippen molar-refractivity contribution < 1.29 is 27.4 Å². The van der Waals surface area contributed by atoms with Gasteiger partial charge in [-0.3, -0.25) is 0 Å². The van der Waals surface area contributed by atoms with E-state index in [0.29, 0.717) is 35.8 Å². The van der Waals surface area contributed by atoms with Gasteiger partial charge in [-0.15, -0.1) is 0 Å². The number of nitriles is 1. The van der Waals surface area contributed by atoms with Crippen molar-refractivity contribution in [3.8, 4) is 23.3 Å². The van der Waals surface area contributed by atoms with Gasteiger partial charge in [0.05, 0.1) is 22.6 Å². The zero-order chi connectivity index (χ0) is 30.0. The molecule has 0 amide bonds. The largest absolute Gasteiger partial charge is 0.489 e. The van der Waals surface area contributed by atoms with Crippen LogP contribution < -0.4 is 19.9 Å². The summed E-state index contributed by atoms with van der Waals surface area (Å²) in [6.45, 7) is 6.15. The number of nitrogens with zero attached hydrogens (tertiary/aromatic N) is 2. The molecule has 42 heavy (non-hydrogen) atoms. The smallest absolute Gasteiger partial charge is 0.231 e. The number of sulfone groups is 1. The third kappa shape index (κ3) is 5.45. The number of ether oxygens (including phenoxy) is 4. The molecule has 1 fully saturated rings. The lowest BCUT2D eigenvalue weighted by Crippen LogP contribution is -2.62. The highest BCUT2D eigenvalue weighted by Gasteiger charge is 2.64. The van der Waals surface area contributed by atoms with Gasteiger partial charge in [-0.2, -0.15) is 5.26 Å². The van der Waals surface area contributed by atoms with E-state index in [9.17, 15) is 8.42 Å². The summed E-state index contributed by atoms with van der Waals surface area (Å²) in [5, 5.41) is 9.16. The Labute approximate surface area is 247 Å². The van der Waals surface area contributed by atoms with E-state index in [0.717, 1.165) is 24.0 Å². The van der Waals surface area contributed by atoms with Gasteiger partial charge < -0.3 is 24.7 Å². The molecule has 0 saturated carbocycles. The van der Waals surface area contributed by atoms with E-state index in [2.05, 4.69) is 13.0 Å². The van der Waals surface area contributed by atoms with Gasteiger partial charge in [-0.1, -0.05) is 44.0 Å². The van der Waals surface area contributed by atoms with Crippen molar-refractivity contribution in [1.82, 2.24) is 4.90 Å². The molecule has 3 aromatic carbocycles. The highest BCUT2D eigenvalue weighted by Crippen LogP contribution is 2.49. The first-order chi connectivity index (χ1) is 20.1. The molecule has 0 spiro atoms. The number of rotatable bonds is 11. The predicted molar refractivity (Wildman–Crippen MR) is 157 cm³/mol. The number of hydrogen-bond acceptors (Lipinski definition) is 9. The Hall–Kier alpha value is -3.62. The molecule has 5 rings (SSSR count). The molecule has 0 radical (unpaired) electrons. The minimum Gasteiger partial charge on any atom is -0.489 e. The average Bonchev–Trinajstić information content (AvgIpc) is 3.55. The second-order valence-corrected chi connectivity index (χ2v) is 13.3. The van der Waals surface area contributed by atoms with E-state index in [4.69, 9.17) is 29.9 Å². The fourth-order valence-corrected chi connectivity index (χ4v) is 8.32. The first-order valence-corrected chi connectivity index (χ1v) is 15.6. The molecule has 222 valence electrons. The summed E-state index contributed by atoms with van der Waals surface area (Å²) in [5.41, 5.74) is 7.67. The van der Waals surface area contributed by atoms with Crippen molar-refractivity contribution >= 4 is 9.84 Å². The van der Waals surface area contributed by atoms with Gasteiger partial charge >= 0.3 is 0 Å². The molecule has 1 saturated heterocycles. The Morgan fingerprint density at radius 1 is 1.05 bits per heavy atom. The standard InChI is InChI=1S/C32H37N3O6S/c1-4-5-9-30-32(35(21-34)31(2,3)41-30,42(36,37)27-14-15-28-29(17-27)40-22-39-28)18-23-10-12-26(13-11-23)38-20-25-8-6-7-24(16-25)19-33/h6-8,10-17,30H,4-5,9,18,20-22,34H2,1-3H3/t30-,32+/m1/s1. The lowest BCUT2D eigenvalue weighted by molar-refractivity contribution is -0.0770. The average molecular weight is 592 g/mol. The number of nitrogens with two attached hydrogens (primary N) is 1. The highest BCUT2D eigenvalue weighted by molar-refractivity contribution is 7.92. The molecule has 0 unspecified atom stereocenters. The third-order valence-corrected chi connectivity index (χ3v) is 10.4. The van der Waals surface area contributed by atoms with Crippen LogP contribution in [0.5, 0.6) is 17.2 Å². The van der Waals surface area contributed by atoms with Crippen molar-refractivity contribution in [2.45, 2.75) is 74.7 Å². The van der Waals surface area contributed by atoms with E-state index in [1.54, 1.807) is 29.2 Å². The van der Waals surface area contributed by atoms with Crippen LogP contribution in [0.4, 0.5) is 0 Å². The molecule has 3 aromatic rings. The first kappa shape index (κ1) is 29.9. The van der Waals surface area contributed by atoms with Crippen molar-refractivity contribution in [2.75, 3.05) is 13.5 Å². The molecule has 10 heteroatoms. The second-order valence-electron chi connectivity index (χ2n) is 11.1. The molecule has 2 aliphatic heterocycles. The molecule has 2 N–H and O–H groups in total. The van der Waals surface area contributed by atoms with Gasteiger partial charge in [0.2, 0.25) is 16.6 Å². The number of benzene rings is 3. The Morgan fingerprint density at radius 2 is 1.81 bits per heavy atom. The minimum absolute atomic E-state index is 0.0115. The Morgan fingerprint density at radius 3 is 2.52 bits per heavy atom. The Balaban J connectivity index is 1.51. The third-order valence-electron chi connectivity index (χ3n) is 8.01. The van der Waals surface area contributed by atoms with E-state index in [1.807, 2.05) is 50.2 Å². The van der Waals surface area contributed by atoms with Gasteiger partial charge in [0, 0.05) is 19.2 Å². The normalized spacial score (nSPS) is 21.3. The van der Waals surface area contributed by atoms with Crippen LogP contribution >= 0.6 is 0 Å². The summed E-state index contributed by atoms with van der Waals surface area (Å²) in [7, 11) is -4.07. The van der Waals surface area contributed by atoms with Gasteiger partial charge in [0.15, 0.2) is 16.4 Å². The topological polar surface area (TPSA) is 124 Å². The molecule has 0 aromatic heterocycles. The highest BCUT2D eigenvalue weighted by atomic mass is 32.2. The van der Waals surface area contributed by atoms with Crippen LogP contribution in [0.15, 0.2) is 71.6 Å². The summed E-state index contributed by atoms with van der Waals surface area (Å²) < 4.78 is 53.2. The van der Waals surface area contributed by atoms with E-state index >= 15 is 0 Å². The first-order valence-electron chi connectivity index (χ1n) is 14.2. The van der Waals surface area contributed by atoms with Gasteiger partial charge in [-0.05, 0) is 67.8 Å². The zero-order valence-electron chi connectivity index (χ0n) is 24.2. The molecule has 2 atom stereocenters. The molecule has 0 aliphatic carbocycles. The monoisotopic (exact) mass is 591 g/mol. The molecular formula is C32H37N3O6S. The molecular weight excluding hydrogens is 554 g/mol. The summed E-state index contributed by atoms with van der Waals surface area (Å²) in [5.74, 6) is 1.55. The van der Waals surface area contributed by atoms with Crippen LogP contribution in [0, 0.1) is 11.3 Å². The summed E-state index contributed by atoms with van der Waals surface area (Å²) in [6, 6.07) is 21.6. The number of unbranched alkanes of at least 4 members (excludes halogenated alkanes) is 1. The van der Waals surface area contributed by atoms with Crippen LogP contribution in [0.25, 0.3) is 0 Å². The lowest BCUT2D eigenvalue weighted by Gasteiger charge is -2.42. The summed E-state index contributed by atoms with van der Waals surface area (Å²) in [4.78, 5) is 0.439. The van der Waals surface area contributed by atoms with Crippen LogP contribution in [0.3, 0.4) is 0 Å². The van der Waals surface area contributed by atoms with Crippen molar-refractivity contribution in [1.29, 1.82) is 5.26 Å². The lowest BCUT2D eigenvalue weighted by atomic mass is 9.96. The van der Waals surface area contributed by atoms with Crippen LogP contribution in [-0.4, -0.2) is 43.5 Å². The maximum absolute atomic E-state index is 14.8. The van der Waals surface area contributed by atoms with Crippen LogP contribution in [0.1, 0.15) is 56.7 Å². The molecule has 9 nitrogen and oxygen atoms in total. The SMILES string of the molecule is CCCC[C@H]1OC(C)(C)N(CN)[C@@]1(Cc1ccc(OCc2cccc(C#N)c2)cc1)S(=O)(=O)c1ccc2c(c1)OCO2. The number of fused-ring (bicyclic) bond motifs is 1. The van der Waals surface area contributed by atoms with Crippen LogP contribution in [-0.2, 0) is 27.6 Å². The Kier molecular flexibility index (Phi) is 8.49. The Bertz CT molecular complexity index is 1570. The summed E-state index contributed by atoms with van der Waals surface area (Å²) in [6.07, 6.45) is 1.78. The second kappa shape index (κ2) is 11.9. The fourth-order valence-electron chi connectivity index (χ4n) is 5.95. The number of hydrogen-bond donors (Lipinski definition) is 1. The summed E-state index contributed by atoms with van der Waals surface area (Å²) >= 11 is 0. The van der Waals surface area contributed by atoms with E-state index in [-0.39, 0.29) is 24.8 Å². The van der Waals surface area contributed by atoms with Crippen molar-refractivity contribution in [3.63, 3.8) is 0 Å². The van der Waals surface area contributed by atoms with Gasteiger partial charge in [0.25, 0.3) is 0 Å². The van der Waals surface area contributed by atoms with Gasteiger partial charge in [0.1, 0.15) is 18.1 Å². The molecule has 0 bridgehead atoms. The predicted octanol–water partition coefficient (Wildman–Crippen LogP) is 5.12. The van der Waals surface area contributed by atoms with Crippen LogP contribution in [0.2, 0.25) is 0 Å². The van der Waals surface area contributed by atoms with Crippen molar-refractivity contribution in [3.05, 3.63) is 83.4 Å². The van der Waals surface area contributed by atoms with Gasteiger partial charge in [-0.25, -0.2) is 13.3 Å². The van der Waals surface area contributed by atoms with E-state index in [1.165, 1.54) is 6.07 Å². The quantitative estimate of drug-likeness (QED) is 0.323. The minimum atomic E-state index is -4.07. The molecule has 2 aliphatic rings. The fraction of sp³-hybridized carbons (Fsp3) is 0.406. The zero-order valence-corrected chi connectivity index (χ0v) is 25.0. The maximum Gasteiger partial charge on any atom is 0.231 e. The molecule has 2 heterocycles. The van der Waals surface area contributed by atoms with E-state index < -0.39 is 26.5 Å². The maximum atomic E-state index is 14.8.